The van der Waals surface area contributed by atoms with Crippen molar-refractivity contribution in [3.8, 4) is 5.75 Å². The average molecular weight is 491 g/mol. The number of amides is 2. The zero-order valence-corrected chi connectivity index (χ0v) is 20.4. The van der Waals surface area contributed by atoms with E-state index in [-0.39, 0.29) is 12.3 Å². The first-order valence-electron chi connectivity index (χ1n) is 12.0. The standard InChI is InChI=1S/C31H26N2O4/c1-36-28-17-15-23(16-18-28)19-20-32-30(34)29(37-31(32)35)22-24-9-8-14-27(21-24)33(25-10-4-2-5-11-25)26-12-6-3-7-13-26/h2-18,21-22H,19-20H2,1H3. The van der Waals surface area contributed by atoms with Gasteiger partial charge in [0, 0.05) is 23.6 Å². The topological polar surface area (TPSA) is 59.1 Å². The van der Waals surface area contributed by atoms with Crippen molar-refractivity contribution < 1.29 is 19.1 Å². The van der Waals surface area contributed by atoms with Crippen LogP contribution >= 0.6 is 0 Å². The molecular weight excluding hydrogens is 464 g/mol. The van der Waals surface area contributed by atoms with Crippen LogP contribution in [0.5, 0.6) is 5.75 Å². The minimum atomic E-state index is -0.656. The lowest BCUT2D eigenvalue weighted by Gasteiger charge is -2.25. The van der Waals surface area contributed by atoms with Gasteiger partial charge in [0.2, 0.25) is 0 Å². The van der Waals surface area contributed by atoms with E-state index >= 15 is 0 Å². The third-order valence-corrected chi connectivity index (χ3v) is 6.11. The van der Waals surface area contributed by atoms with Crippen molar-refractivity contribution in [2.45, 2.75) is 6.42 Å². The van der Waals surface area contributed by atoms with E-state index in [1.165, 1.54) is 0 Å². The second-order valence-corrected chi connectivity index (χ2v) is 8.53. The van der Waals surface area contributed by atoms with Gasteiger partial charge in [0.25, 0.3) is 5.91 Å². The number of hydrogen-bond acceptors (Lipinski definition) is 5. The third kappa shape index (κ3) is 5.38. The number of methoxy groups -OCH3 is 1. The molecular formula is C31H26N2O4. The van der Waals surface area contributed by atoms with Gasteiger partial charge in [-0.2, -0.15) is 0 Å². The van der Waals surface area contributed by atoms with Gasteiger partial charge >= 0.3 is 6.09 Å². The third-order valence-electron chi connectivity index (χ3n) is 6.11. The maximum Gasteiger partial charge on any atom is 0.422 e. The van der Waals surface area contributed by atoms with E-state index in [1.54, 1.807) is 13.2 Å². The van der Waals surface area contributed by atoms with Crippen LogP contribution in [-0.4, -0.2) is 30.6 Å². The SMILES string of the molecule is COc1ccc(CCN2C(=O)OC(=Cc3cccc(N(c4ccccc4)c4ccccc4)c3)C2=O)cc1. The van der Waals surface area contributed by atoms with Crippen molar-refractivity contribution in [1.82, 2.24) is 4.90 Å². The Hall–Kier alpha value is -4.84. The fourth-order valence-electron chi connectivity index (χ4n) is 4.23. The first-order valence-corrected chi connectivity index (χ1v) is 12.0. The number of imide groups is 1. The fraction of sp³-hybridized carbons (Fsp3) is 0.0968. The van der Waals surface area contributed by atoms with Gasteiger partial charge in [-0.05, 0) is 72.2 Å². The van der Waals surface area contributed by atoms with Crippen molar-refractivity contribution >= 4 is 35.1 Å². The van der Waals surface area contributed by atoms with Crippen LogP contribution in [0, 0.1) is 0 Å². The van der Waals surface area contributed by atoms with Crippen LogP contribution in [0.2, 0.25) is 0 Å². The zero-order chi connectivity index (χ0) is 25.6. The Morgan fingerprint density at radius 3 is 2.03 bits per heavy atom. The van der Waals surface area contributed by atoms with Gasteiger partial charge in [-0.1, -0.05) is 60.7 Å². The number of cyclic esters (lactones) is 1. The van der Waals surface area contributed by atoms with Gasteiger partial charge in [0.05, 0.1) is 7.11 Å². The summed E-state index contributed by atoms with van der Waals surface area (Å²) in [6, 6.07) is 35.4. The molecule has 1 fully saturated rings. The molecule has 184 valence electrons. The summed E-state index contributed by atoms with van der Waals surface area (Å²) in [5.74, 6) is 0.334. The van der Waals surface area contributed by atoms with Crippen LogP contribution in [-0.2, 0) is 16.0 Å². The summed E-state index contributed by atoms with van der Waals surface area (Å²) in [7, 11) is 1.61. The summed E-state index contributed by atoms with van der Waals surface area (Å²) in [6.07, 6.45) is 1.48. The van der Waals surface area contributed by atoms with Gasteiger partial charge in [0.15, 0.2) is 5.76 Å². The van der Waals surface area contributed by atoms with Gasteiger partial charge in [0.1, 0.15) is 5.75 Å². The van der Waals surface area contributed by atoms with Gasteiger partial charge in [-0.25, -0.2) is 9.69 Å². The number of nitrogens with zero attached hydrogens (tertiary/aromatic N) is 2. The number of carbonyl (C=O) groups is 2. The minimum absolute atomic E-state index is 0.0165. The molecule has 0 N–H and O–H groups in total. The van der Waals surface area contributed by atoms with Crippen LogP contribution in [0.3, 0.4) is 0 Å². The molecule has 0 bridgehead atoms. The molecule has 0 aromatic heterocycles. The number of ether oxygens (including phenoxy) is 2. The summed E-state index contributed by atoms with van der Waals surface area (Å²) in [5.41, 5.74) is 4.68. The molecule has 5 rings (SSSR count). The molecule has 6 heteroatoms. The average Bonchev–Trinajstić information content (AvgIpc) is 3.21. The molecule has 37 heavy (non-hydrogen) atoms. The van der Waals surface area contributed by atoms with E-state index < -0.39 is 12.0 Å². The molecule has 0 saturated carbocycles. The van der Waals surface area contributed by atoms with Crippen LogP contribution in [0.1, 0.15) is 11.1 Å². The molecule has 0 spiro atoms. The maximum atomic E-state index is 13.0. The quantitative estimate of drug-likeness (QED) is 0.256. The molecule has 1 aliphatic heterocycles. The van der Waals surface area contributed by atoms with Crippen molar-refractivity contribution in [2.24, 2.45) is 0 Å². The molecule has 4 aromatic carbocycles. The summed E-state index contributed by atoms with van der Waals surface area (Å²) in [4.78, 5) is 28.7. The van der Waals surface area contributed by atoms with Crippen molar-refractivity contribution in [3.63, 3.8) is 0 Å². The molecule has 4 aromatic rings. The molecule has 2 amide bonds. The summed E-state index contributed by atoms with van der Waals surface area (Å²) in [6.45, 7) is 0.233. The molecule has 0 aliphatic carbocycles. The predicted octanol–water partition coefficient (Wildman–Crippen LogP) is 6.73. The molecule has 6 nitrogen and oxygen atoms in total. The number of benzene rings is 4. The normalized spacial score (nSPS) is 14.1. The summed E-state index contributed by atoms with van der Waals surface area (Å²) in [5, 5.41) is 0. The van der Waals surface area contributed by atoms with Crippen LogP contribution in [0.25, 0.3) is 6.08 Å². The van der Waals surface area contributed by atoms with Gasteiger partial charge in [-0.3, -0.25) is 4.79 Å². The van der Waals surface area contributed by atoms with Crippen molar-refractivity contribution in [1.29, 1.82) is 0 Å². The summed E-state index contributed by atoms with van der Waals surface area (Å²) < 4.78 is 10.5. The Morgan fingerprint density at radius 2 is 1.41 bits per heavy atom. The van der Waals surface area contributed by atoms with Crippen molar-refractivity contribution in [3.05, 3.63) is 126 Å². The predicted molar refractivity (Wildman–Crippen MR) is 144 cm³/mol. The lowest BCUT2D eigenvalue weighted by atomic mass is 10.1. The highest BCUT2D eigenvalue weighted by atomic mass is 16.6. The maximum absolute atomic E-state index is 13.0. The Balaban J connectivity index is 1.37. The Bertz CT molecular complexity index is 1380. The highest BCUT2D eigenvalue weighted by Crippen LogP contribution is 2.35. The first-order chi connectivity index (χ1) is 18.1. The number of rotatable bonds is 8. The highest BCUT2D eigenvalue weighted by molar-refractivity contribution is 6.10. The Labute approximate surface area is 216 Å². The van der Waals surface area contributed by atoms with Gasteiger partial charge in [-0.15, -0.1) is 0 Å². The highest BCUT2D eigenvalue weighted by Gasteiger charge is 2.36. The monoisotopic (exact) mass is 490 g/mol. The van der Waals surface area contributed by atoms with E-state index in [0.29, 0.717) is 6.42 Å². The van der Waals surface area contributed by atoms with E-state index in [9.17, 15) is 9.59 Å². The summed E-state index contributed by atoms with van der Waals surface area (Å²) >= 11 is 0. The molecule has 1 heterocycles. The number of carbonyl (C=O) groups excluding carboxylic acids is 2. The van der Waals surface area contributed by atoms with Crippen LogP contribution in [0.4, 0.5) is 21.9 Å². The Kier molecular flexibility index (Phi) is 6.99. The number of para-hydroxylation sites is 2. The minimum Gasteiger partial charge on any atom is -0.497 e. The molecule has 1 saturated heterocycles. The number of anilines is 3. The largest absolute Gasteiger partial charge is 0.497 e. The van der Waals surface area contributed by atoms with Crippen LogP contribution < -0.4 is 9.64 Å². The van der Waals surface area contributed by atoms with E-state index in [0.717, 1.165) is 38.8 Å². The van der Waals surface area contributed by atoms with E-state index in [4.69, 9.17) is 9.47 Å². The molecule has 1 aliphatic rings. The van der Waals surface area contributed by atoms with Crippen molar-refractivity contribution in [2.75, 3.05) is 18.6 Å². The molecule has 0 radical (unpaired) electrons. The smallest absolute Gasteiger partial charge is 0.422 e. The molecule has 0 atom stereocenters. The fourth-order valence-corrected chi connectivity index (χ4v) is 4.23. The van der Waals surface area contributed by atoms with Gasteiger partial charge < -0.3 is 14.4 Å². The molecule has 0 unspecified atom stereocenters. The Morgan fingerprint density at radius 1 is 0.784 bits per heavy atom. The number of hydrogen-bond donors (Lipinski definition) is 0. The second kappa shape index (κ2) is 10.8. The van der Waals surface area contributed by atoms with E-state index in [2.05, 4.69) is 4.90 Å². The lowest BCUT2D eigenvalue weighted by Crippen LogP contribution is -2.30. The zero-order valence-electron chi connectivity index (χ0n) is 20.4. The second-order valence-electron chi connectivity index (χ2n) is 8.53. The van der Waals surface area contributed by atoms with Crippen LogP contribution in [0.15, 0.2) is 115 Å². The van der Waals surface area contributed by atoms with E-state index in [1.807, 2.05) is 109 Å². The lowest BCUT2D eigenvalue weighted by molar-refractivity contribution is -0.123. The first kappa shape index (κ1) is 23.9.